The van der Waals surface area contributed by atoms with E-state index in [4.69, 9.17) is 11.6 Å². The van der Waals surface area contributed by atoms with Crippen LogP contribution in [-0.4, -0.2) is 26.8 Å². The molecule has 2 rings (SSSR count). The highest BCUT2D eigenvalue weighted by Gasteiger charge is 2.19. The lowest BCUT2D eigenvalue weighted by Gasteiger charge is -2.16. The van der Waals surface area contributed by atoms with Gasteiger partial charge in [0, 0.05) is 31.6 Å². The molecular formula is C14H20ClN5. The summed E-state index contributed by atoms with van der Waals surface area (Å²) in [6.07, 6.45) is 6.75. The summed E-state index contributed by atoms with van der Waals surface area (Å²) < 4.78 is 1.97. The number of aryl methyl sites for hydroxylation is 2. The number of hydrogen-bond donors (Lipinski definition) is 1. The van der Waals surface area contributed by atoms with E-state index in [1.54, 1.807) is 18.6 Å². The Morgan fingerprint density at radius 3 is 2.70 bits per heavy atom. The molecule has 0 saturated carbocycles. The van der Waals surface area contributed by atoms with Gasteiger partial charge in [0.15, 0.2) is 0 Å². The number of nitrogens with zero attached hydrogens (tertiary/aromatic N) is 4. The second-order valence-corrected chi connectivity index (χ2v) is 4.93. The molecule has 1 unspecified atom stereocenters. The Morgan fingerprint density at radius 1 is 1.35 bits per heavy atom. The number of nitrogens with one attached hydrogen (secondary N) is 1. The zero-order chi connectivity index (χ0) is 14.5. The van der Waals surface area contributed by atoms with Gasteiger partial charge in [-0.15, -0.1) is 0 Å². The minimum Gasteiger partial charge on any atom is -0.311 e. The normalized spacial score (nSPS) is 12.6. The number of aromatic nitrogens is 4. The maximum absolute atomic E-state index is 6.45. The molecule has 0 amide bonds. The molecule has 0 fully saturated rings. The predicted molar refractivity (Wildman–Crippen MR) is 79.8 cm³/mol. The molecule has 5 nitrogen and oxygen atoms in total. The Balaban J connectivity index is 2.30. The van der Waals surface area contributed by atoms with Gasteiger partial charge in [0.05, 0.1) is 28.1 Å². The molecular weight excluding hydrogens is 274 g/mol. The van der Waals surface area contributed by atoms with Crippen LogP contribution in [0.3, 0.4) is 0 Å². The lowest BCUT2D eigenvalue weighted by Crippen LogP contribution is -2.21. The third-order valence-electron chi connectivity index (χ3n) is 3.38. The van der Waals surface area contributed by atoms with E-state index in [1.807, 2.05) is 11.7 Å². The average molecular weight is 294 g/mol. The molecule has 0 spiro atoms. The summed E-state index contributed by atoms with van der Waals surface area (Å²) in [6.45, 7) is 4.95. The summed E-state index contributed by atoms with van der Waals surface area (Å²) in [5, 5.41) is 8.60. The van der Waals surface area contributed by atoms with Gasteiger partial charge in [0.25, 0.3) is 0 Å². The summed E-state index contributed by atoms with van der Waals surface area (Å²) in [7, 11) is 1.92. The topological polar surface area (TPSA) is 55.6 Å². The summed E-state index contributed by atoms with van der Waals surface area (Å²) in [6, 6.07) is 0.0768. The first-order valence-electron chi connectivity index (χ1n) is 6.88. The Labute approximate surface area is 124 Å². The maximum Gasteiger partial charge on any atom is 0.0850 e. The van der Waals surface area contributed by atoms with Gasteiger partial charge in [-0.05, 0) is 20.4 Å². The van der Waals surface area contributed by atoms with E-state index < -0.39 is 0 Å². The Bertz CT molecular complexity index is 552. The van der Waals surface area contributed by atoms with Crippen molar-refractivity contribution in [2.45, 2.75) is 39.3 Å². The Hall–Kier alpha value is -1.46. The summed E-state index contributed by atoms with van der Waals surface area (Å²) >= 11 is 6.45. The first kappa shape index (κ1) is 14.9. The minimum absolute atomic E-state index is 0.0768. The number of likely N-dealkylation sites (N-methyl/N-ethyl adjacent to an activating group) is 1. The summed E-state index contributed by atoms with van der Waals surface area (Å²) in [5.74, 6) is 0. The molecule has 2 aromatic rings. The second kappa shape index (κ2) is 6.81. The summed E-state index contributed by atoms with van der Waals surface area (Å²) in [5.41, 5.74) is 2.92. The van der Waals surface area contributed by atoms with Gasteiger partial charge in [-0.2, -0.15) is 5.10 Å². The first-order chi connectivity index (χ1) is 9.71. The maximum atomic E-state index is 6.45. The van der Waals surface area contributed by atoms with Crippen molar-refractivity contribution in [3.63, 3.8) is 0 Å². The van der Waals surface area contributed by atoms with Crippen LogP contribution in [0.15, 0.2) is 18.6 Å². The van der Waals surface area contributed by atoms with Gasteiger partial charge in [-0.3, -0.25) is 14.6 Å². The standard InChI is InChI=1S/C14H20ClN5/c1-4-10-14(15)13(20(5-2)19-10)8-11(16-3)12-9-17-6-7-18-12/h6-7,9,11,16H,4-5,8H2,1-3H3. The zero-order valence-electron chi connectivity index (χ0n) is 12.1. The molecule has 0 aliphatic carbocycles. The molecule has 1 N–H and O–H groups in total. The van der Waals surface area contributed by atoms with Crippen LogP contribution in [0.2, 0.25) is 5.02 Å². The van der Waals surface area contributed by atoms with Crippen molar-refractivity contribution in [2.75, 3.05) is 7.05 Å². The summed E-state index contributed by atoms with van der Waals surface area (Å²) in [4.78, 5) is 8.48. The molecule has 108 valence electrons. The quantitative estimate of drug-likeness (QED) is 0.889. The number of rotatable bonds is 6. The van der Waals surface area contributed by atoms with E-state index in [0.717, 1.165) is 41.5 Å². The number of halogens is 1. The fourth-order valence-corrected chi connectivity index (χ4v) is 2.60. The largest absolute Gasteiger partial charge is 0.311 e. The SMILES string of the molecule is CCc1nn(CC)c(CC(NC)c2cnccn2)c1Cl. The predicted octanol–water partition coefficient (Wildman–Crippen LogP) is 2.41. The van der Waals surface area contributed by atoms with E-state index >= 15 is 0 Å². The second-order valence-electron chi connectivity index (χ2n) is 4.55. The van der Waals surface area contributed by atoms with Crippen molar-refractivity contribution in [2.24, 2.45) is 0 Å². The molecule has 2 heterocycles. The van der Waals surface area contributed by atoms with Crippen LogP contribution in [0, 0.1) is 0 Å². The Kier molecular flexibility index (Phi) is 5.09. The highest BCUT2D eigenvalue weighted by Crippen LogP contribution is 2.26. The lowest BCUT2D eigenvalue weighted by molar-refractivity contribution is 0.529. The highest BCUT2D eigenvalue weighted by atomic mass is 35.5. The zero-order valence-corrected chi connectivity index (χ0v) is 12.9. The van der Waals surface area contributed by atoms with Crippen LogP contribution in [0.4, 0.5) is 0 Å². The van der Waals surface area contributed by atoms with Crippen molar-refractivity contribution in [1.29, 1.82) is 0 Å². The molecule has 0 radical (unpaired) electrons. The third-order valence-corrected chi connectivity index (χ3v) is 3.82. The molecule has 0 aliphatic rings. The average Bonchev–Trinajstić information content (AvgIpc) is 2.81. The van der Waals surface area contributed by atoms with E-state index in [-0.39, 0.29) is 6.04 Å². The molecule has 2 aromatic heterocycles. The van der Waals surface area contributed by atoms with E-state index in [2.05, 4.69) is 34.2 Å². The third kappa shape index (κ3) is 2.99. The van der Waals surface area contributed by atoms with Crippen LogP contribution in [0.25, 0.3) is 0 Å². The van der Waals surface area contributed by atoms with Crippen LogP contribution in [-0.2, 0) is 19.4 Å². The smallest absolute Gasteiger partial charge is 0.0850 e. The molecule has 0 bridgehead atoms. The van der Waals surface area contributed by atoms with Crippen LogP contribution in [0.1, 0.15) is 37.0 Å². The van der Waals surface area contributed by atoms with Gasteiger partial charge < -0.3 is 5.32 Å². The van der Waals surface area contributed by atoms with E-state index in [9.17, 15) is 0 Å². The van der Waals surface area contributed by atoms with Crippen LogP contribution in [0.5, 0.6) is 0 Å². The van der Waals surface area contributed by atoms with Crippen molar-refractivity contribution >= 4 is 11.6 Å². The lowest BCUT2D eigenvalue weighted by atomic mass is 10.1. The molecule has 0 saturated heterocycles. The van der Waals surface area contributed by atoms with E-state index in [0.29, 0.717) is 0 Å². The first-order valence-corrected chi connectivity index (χ1v) is 7.26. The van der Waals surface area contributed by atoms with Gasteiger partial charge in [0.2, 0.25) is 0 Å². The molecule has 6 heteroatoms. The van der Waals surface area contributed by atoms with Crippen molar-refractivity contribution in [1.82, 2.24) is 25.1 Å². The van der Waals surface area contributed by atoms with Crippen molar-refractivity contribution < 1.29 is 0 Å². The number of hydrogen-bond acceptors (Lipinski definition) is 4. The fraction of sp³-hybridized carbons (Fsp3) is 0.500. The minimum atomic E-state index is 0.0768. The van der Waals surface area contributed by atoms with Crippen molar-refractivity contribution in [3.8, 4) is 0 Å². The molecule has 1 atom stereocenters. The van der Waals surface area contributed by atoms with Gasteiger partial charge >= 0.3 is 0 Å². The molecule has 0 aromatic carbocycles. The van der Waals surface area contributed by atoms with Crippen LogP contribution < -0.4 is 5.32 Å². The van der Waals surface area contributed by atoms with Crippen molar-refractivity contribution in [3.05, 3.63) is 40.7 Å². The van der Waals surface area contributed by atoms with Gasteiger partial charge in [-0.1, -0.05) is 18.5 Å². The van der Waals surface area contributed by atoms with Gasteiger partial charge in [-0.25, -0.2) is 0 Å². The monoisotopic (exact) mass is 293 g/mol. The molecule has 20 heavy (non-hydrogen) atoms. The Morgan fingerprint density at radius 2 is 2.15 bits per heavy atom. The molecule has 0 aliphatic heterocycles. The van der Waals surface area contributed by atoms with E-state index in [1.165, 1.54) is 0 Å². The van der Waals surface area contributed by atoms with Crippen LogP contribution >= 0.6 is 11.6 Å². The van der Waals surface area contributed by atoms with Gasteiger partial charge in [0.1, 0.15) is 0 Å². The highest BCUT2D eigenvalue weighted by molar-refractivity contribution is 6.31. The fourth-order valence-electron chi connectivity index (χ4n) is 2.25.